The number of nitrogens with zero attached hydrogens (tertiary/aromatic N) is 1. The number of ether oxygens (including phenoxy) is 3. The highest BCUT2D eigenvalue weighted by molar-refractivity contribution is 6.76. The Morgan fingerprint density at radius 1 is 1.26 bits per heavy atom. The van der Waals surface area contributed by atoms with Gasteiger partial charge in [0.1, 0.15) is 11.8 Å². The fraction of sp³-hybridized carbons (Fsp3) is 0.526. The number of carbonyl (C=O) groups excluding carboxylic acids is 3. The van der Waals surface area contributed by atoms with Crippen molar-refractivity contribution < 1.29 is 28.6 Å². The van der Waals surface area contributed by atoms with Crippen molar-refractivity contribution in [2.45, 2.75) is 38.1 Å². The Morgan fingerprint density at radius 2 is 2.00 bits per heavy atom. The van der Waals surface area contributed by atoms with Gasteiger partial charge in [0.2, 0.25) is 0 Å². The average molecular weight is 394 g/mol. The highest BCUT2D eigenvalue weighted by atomic mass is 28.3. The van der Waals surface area contributed by atoms with Gasteiger partial charge in [0.05, 0.1) is 13.7 Å². The first-order valence-electron chi connectivity index (χ1n) is 8.92. The lowest BCUT2D eigenvalue weighted by atomic mass is 10.1. The molecule has 1 amide bonds. The summed E-state index contributed by atoms with van der Waals surface area (Å²) in [7, 11) is 0.0942. The molecule has 27 heavy (non-hydrogen) atoms. The SMILES string of the molecule is COC(=O)[C@@H]1CC(=O)CN1C(=O)c1cccc(OCOCC[Si](C)(C)C)c1. The summed E-state index contributed by atoms with van der Waals surface area (Å²) < 4.78 is 15.8. The number of hydrogen-bond acceptors (Lipinski definition) is 6. The molecule has 2 rings (SSSR count). The third-order valence-corrected chi connectivity index (χ3v) is 5.97. The molecule has 1 aliphatic heterocycles. The number of methoxy groups -OCH3 is 1. The van der Waals surface area contributed by atoms with Gasteiger partial charge in [-0.15, -0.1) is 0 Å². The normalized spacial score (nSPS) is 17.1. The van der Waals surface area contributed by atoms with E-state index in [2.05, 4.69) is 19.6 Å². The summed E-state index contributed by atoms with van der Waals surface area (Å²) >= 11 is 0. The van der Waals surface area contributed by atoms with E-state index in [0.29, 0.717) is 17.9 Å². The predicted molar refractivity (Wildman–Crippen MR) is 103 cm³/mol. The van der Waals surface area contributed by atoms with Gasteiger partial charge in [-0.25, -0.2) is 4.79 Å². The topological polar surface area (TPSA) is 82.1 Å². The second kappa shape index (κ2) is 9.14. The van der Waals surface area contributed by atoms with E-state index in [0.717, 1.165) is 6.04 Å². The molecule has 0 spiro atoms. The van der Waals surface area contributed by atoms with Crippen molar-refractivity contribution in [2.24, 2.45) is 0 Å². The highest BCUT2D eigenvalue weighted by Crippen LogP contribution is 2.21. The van der Waals surface area contributed by atoms with Crippen molar-refractivity contribution in [1.82, 2.24) is 4.90 Å². The van der Waals surface area contributed by atoms with Crippen LogP contribution in [0.5, 0.6) is 5.75 Å². The van der Waals surface area contributed by atoms with Gasteiger partial charge in [0.15, 0.2) is 12.6 Å². The van der Waals surface area contributed by atoms with Crippen LogP contribution >= 0.6 is 0 Å². The van der Waals surface area contributed by atoms with Crippen molar-refractivity contribution >= 4 is 25.7 Å². The van der Waals surface area contributed by atoms with Crippen molar-refractivity contribution in [3.63, 3.8) is 0 Å². The maximum Gasteiger partial charge on any atom is 0.329 e. The highest BCUT2D eigenvalue weighted by Gasteiger charge is 2.39. The minimum absolute atomic E-state index is 0.0144. The summed E-state index contributed by atoms with van der Waals surface area (Å²) in [5, 5.41) is 0. The smallest absolute Gasteiger partial charge is 0.329 e. The minimum Gasteiger partial charge on any atom is -0.468 e. The van der Waals surface area contributed by atoms with Gasteiger partial charge in [0.25, 0.3) is 5.91 Å². The Morgan fingerprint density at radius 3 is 2.67 bits per heavy atom. The Bertz CT molecular complexity index is 700. The van der Waals surface area contributed by atoms with E-state index in [1.807, 2.05) is 0 Å². The van der Waals surface area contributed by atoms with Crippen LogP contribution in [-0.4, -0.2) is 63.7 Å². The Kier molecular flexibility index (Phi) is 7.15. The Balaban J connectivity index is 1.96. The molecule has 1 atom stereocenters. The average Bonchev–Trinajstić information content (AvgIpc) is 3.01. The van der Waals surface area contributed by atoms with Crippen LogP contribution in [-0.2, 0) is 19.1 Å². The van der Waals surface area contributed by atoms with E-state index >= 15 is 0 Å². The number of Topliss-reactive ketones (excluding diaryl/α,β-unsaturated/α-hetero) is 1. The fourth-order valence-corrected chi connectivity index (χ4v) is 3.44. The number of hydrogen-bond donors (Lipinski definition) is 0. The van der Waals surface area contributed by atoms with Crippen molar-refractivity contribution in [3.8, 4) is 5.75 Å². The molecule has 0 aromatic heterocycles. The first-order valence-corrected chi connectivity index (χ1v) is 12.6. The van der Waals surface area contributed by atoms with Crippen LogP contribution < -0.4 is 4.74 Å². The molecule has 1 saturated heterocycles. The molecule has 0 aliphatic carbocycles. The van der Waals surface area contributed by atoms with Crippen LogP contribution in [0, 0.1) is 0 Å². The molecule has 1 aromatic rings. The summed E-state index contributed by atoms with van der Waals surface area (Å²) in [5.74, 6) is -0.658. The van der Waals surface area contributed by atoms with Crippen LogP contribution in [0.3, 0.4) is 0 Å². The molecule has 1 aromatic carbocycles. The van der Waals surface area contributed by atoms with E-state index in [4.69, 9.17) is 14.2 Å². The van der Waals surface area contributed by atoms with E-state index in [9.17, 15) is 14.4 Å². The number of carbonyl (C=O) groups is 3. The zero-order chi connectivity index (χ0) is 20.0. The summed E-state index contributed by atoms with van der Waals surface area (Å²) in [6, 6.07) is 6.80. The lowest BCUT2D eigenvalue weighted by Gasteiger charge is -2.22. The van der Waals surface area contributed by atoms with Crippen LogP contribution in [0.2, 0.25) is 25.7 Å². The third-order valence-electron chi connectivity index (χ3n) is 4.26. The molecule has 1 aliphatic rings. The Labute approximate surface area is 160 Å². The summed E-state index contributed by atoms with van der Waals surface area (Å²) in [5.41, 5.74) is 0.346. The standard InChI is InChI=1S/C19H27NO6Si/c1-24-19(23)17-11-15(21)12-20(17)18(22)14-6-5-7-16(10-14)26-13-25-8-9-27(2,3)4/h5-7,10,17H,8-9,11-13H2,1-4H3/t17-/m0/s1. The number of likely N-dealkylation sites (tertiary alicyclic amines) is 1. The lowest BCUT2D eigenvalue weighted by Crippen LogP contribution is -2.41. The molecule has 1 fully saturated rings. The monoisotopic (exact) mass is 393 g/mol. The molecule has 1 heterocycles. The molecule has 0 radical (unpaired) electrons. The zero-order valence-corrected chi connectivity index (χ0v) is 17.3. The van der Waals surface area contributed by atoms with Gasteiger partial charge in [0, 0.05) is 26.7 Å². The molecule has 0 saturated carbocycles. The second-order valence-electron chi connectivity index (χ2n) is 7.72. The van der Waals surface area contributed by atoms with E-state index in [-0.39, 0.29) is 25.5 Å². The van der Waals surface area contributed by atoms with E-state index < -0.39 is 26.0 Å². The lowest BCUT2D eigenvalue weighted by molar-refractivity contribution is -0.145. The van der Waals surface area contributed by atoms with Gasteiger partial charge in [-0.1, -0.05) is 25.7 Å². The molecular weight excluding hydrogens is 366 g/mol. The number of amides is 1. The van der Waals surface area contributed by atoms with Crippen molar-refractivity contribution in [1.29, 1.82) is 0 Å². The van der Waals surface area contributed by atoms with Gasteiger partial charge < -0.3 is 19.1 Å². The fourth-order valence-electron chi connectivity index (χ4n) is 2.68. The van der Waals surface area contributed by atoms with E-state index in [1.54, 1.807) is 24.3 Å². The van der Waals surface area contributed by atoms with Crippen LogP contribution in [0.4, 0.5) is 0 Å². The molecule has 0 bridgehead atoms. The maximum atomic E-state index is 12.7. The van der Waals surface area contributed by atoms with E-state index in [1.165, 1.54) is 12.0 Å². The molecule has 8 heteroatoms. The van der Waals surface area contributed by atoms with Crippen molar-refractivity contribution in [2.75, 3.05) is 27.1 Å². The van der Waals surface area contributed by atoms with Gasteiger partial charge in [-0.05, 0) is 24.2 Å². The quantitative estimate of drug-likeness (QED) is 0.292. The number of esters is 1. The maximum absolute atomic E-state index is 12.7. The summed E-state index contributed by atoms with van der Waals surface area (Å²) in [6.07, 6.45) is -0.0144. The van der Waals surface area contributed by atoms with Crippen molar-refractivity contribution in [3.05, 3.63) is 29.8 Å². The van der Waals surface area contributed by atoms with Gasteiger partial charge in [-0.3, -0.25) is 9.59 Å². The van der Waals surface area contributed by atoms with Crippen LogP contribution in [0.25, 0.3) is 0 Å². The summed E-state index contributed by atoms with van der Waals surface area (Å²) in [6.45, 7) is 7.48. The summed E-state index contributed by atoms with van der Waals surface area (Å²) in [4.78, 5) is 37.6. The second-order valence-corrected chi connectivity index (χ2v) is 13.3. The molecule has 0 N–H and O–H groups in total. The van der Waals surface area contributed by atoms with Crippen LogP contribution in [0.15, 0.2) is 24.3 Å². The number of rotatable bonds is 8. The largest absolute Gasteiger partial charge is 0.468 e. The minimum atomic E-state index is -1.15. The molecule has 148 valence electrons. The molecular formula is C19H27NO6Si. The number of benzene rings is 1. The Hall–Kier alpha value is -2.19. The third kappa shape index (κ3) is 6.18. The predicted octanol–water partition coefficient (Wildman–Crippen LogP) is 2.33. The first-order chi connectivity index (χ1) is 12.7. The first kappa shape index (κ1) is 21.1. The zero-order valence-electron chi connectivity index (χ0n) is 16.3. The van der Waals surface area contributed by atoms with Crippen LogP contribution in [0.1, 0.15) is 16.8 Å². The van der Waals surface area contributed by atoms with Gasteiger partial charge >= 0.3 is 5.97 Å². The van der Waals surface area contributed by atoms with Gasteiger partial charge in [-0.2, -0.15) is 0 Å². The number of ketones is 1. The molecule has 7 nitrogen and oxygen atoms in total. The molecule has 0 unspecified atom stereocenters.